The summed E-state index contributed by atoms with van der Waals surface area (Å²) in [6.07, 6.45) is 8.93. The lowest BCUT2D eigenvalue weighted by molar-refractivity contribution is 0.104. The van der Waals surface area contributed by atoms with E-state index in [-0.39, 0.29) is 5.78 Å². The summed E-state index contributed by atoms with van der Waals surface area (Å²) in [4.78, 5) is 12.2. The highest BCUT2D eigenvalue weighted by molar-refractivity contribution is 6.20. The van der Waals surface area contributed by atoms with Gasteiger partial charge in [0.25, 0.3) is 0 Å². The van der Waals surface area contributed by atoms with E-state index in [1.54, 1.807) is 6.08 Å². The van der Waals surface area contributed by atoms with E-state index < -0.39 is 0 Å². The smallest absolute Gasteiger partial charge is 0.186 e. The molecule has 1 aliphatic carbocycles. The van der Waals surface area contributed by atoms with Crippen LogP contribution in [0.5, 0.6) is 0 Å². The molecule has 1 aliphatic rings. The first kappa shape index (κ1) is 12.6. The quantitative estimate of drug-likeness (QED) is 0.739. The predicted octanol–water partition coefficient (Wildman–Crippen LogP) is 4.51. The Balaban J connectivity index is 2.43. The third kappa shape index (κ3) is 1.83. The molecule has 0 saturated carbocycles. The highest BCUT2D eigenvalue weighted by atomic mass is 16.1. The fourth-order valence-electron chi connectivity index (χ4n) is 2.94. The summed E-state index contributed by atoms with van der Waals surface area (Å²) in [6, 6.07) is 8.23. The summed E-state index contributed by atoms with van der Waals surface area (Å²) < 4.78 is 0. The van der Waals surface area contributed by atoms with Gasteiger partial charge in [0.2, 0.25) is 0 Å². The van der Waals surface area contributed by atoms with E-state index >= 15 is 0 Å². The van der Waals surface area contributed by atoms with Crippen molar-refractivity contribution in [3.8, 4) is 0 Å². The van der Waals surface area contributed by atoms with Crippen LogP contribution in [0.2, 0.25) is 0 Å². The Bertz CT molecular complexity index is 763. The molecule has 3 rings (SSSR count). The van der Waals surface area contributed by atoms with Gasteiger partial charge in [0.05, 0.1) is 0 Å². The van der Waals surface area contributed by atoms with Crippen LogP contribution in [0.3, 0.4) is 0 Å². The fraction of sp³-hybridized carbons (Fsp3) is 0.105. The van der Waals surface area contributed by atoms with E-state index in [1.807, 2.05) is 30.4 Å². The van der Waals surface area contributed by atoms with Gasteiger partial charge in [-0.25, -0.2) is 0 Å². The molecule has 0 N–H and O–H groups in total. The molecule has 1 heteroatoms. The maximum absolute atomic E-state index is 12.2. The molecule has 0 spiro atoms. The fourth-order valence-corrected chi connectivity index (χ4v) is 2.94. The molecule has 2 aromatic rings. The van der Waals surface area contributed by atoms with Gasteiger partial charge in [-0.3, -0.25) is 4.79 Å². The van der Waals surface area contributed by atoms with E-state index in [0.717, 1.165) is 34.7 Å². The van der Waals surface area contributed by atoms with Gasteiger partial charge in [-0.05, 0) is 47.1 Å². The Labute approximate surface area is 118 Å². The van der Waals surface area contributed by atoms with Gasteiger partial charge in [0.1, 0.15) is 0 Å². The third-order valence-electron chi connectivity index (χ3n) is 3.79. The van der Waals surface area contributed by atoms with E-state index in [2.05, 4.69) is 25.3 Å². The van der Waals surface area contributed by atoms with Crippen LogP contribution in [0.4, 0.5) is 0 Å². The lowest BCUT2D eigenvalue weighted by Gasteiger charge is -2.18. The second-order valence-corrected chi connectivity index (χ2v) is 5.01. The van der Waals surface area contributed by atoms with Gasteiger partial charge in [0.15, 0.2) is 5.78 Å². The zero-order valence-electron chi connectivity index (χ0n) is 11.4. The molecule has 0 heterocycles. The molecule has 0 radical (unpaired) electrons. The van der Waals surface area contributed by atoms with Crippen molar-refractivity contribution in [3.05, 3.63) is 77.9 Å². The maximum atomic E-state index is 12.2. The van der Waals surface area contributed by atoms with Gasteiger partial charge in [-0.2, -0.15) is 0 Å². The Kier molecular flexibility index (Phi) is 3.11. The van der Waals surface area contributed by atoms with Crippen molar-refractivity contribution in [2.75, 3.05) is 0 Å². The van der Waals surface area contributed by atoms with Crippen LogP contribution in [-0.4, -0.2) is 5.78 Å². The average molecular weight is 260 g/mol. The number of benzene rings is 2. The van der Waals surface area contributed by atoms with Crippen molar-refractivity contribution < 1.29 is 4.79 Å². The lowest BCUT2D eigenvalue weighted by atomic mass is 9.85. The van der Waals surface area contributed by atoms with Crippen molar-refractivity contribution >= 4 is 22.6 Å². The van der Waals surface area contributed by atoms with Crippen LogP contribution >= 0.6 is 0 Å². The van der Waals surface area contributed by atoms with Gasteiger partial charge >= 0.3 is 0 Å². The van der Waals surface area contributed by atoms with Crippen molar-refractivity contribution in [2.45, 2.75) is 12.8 Å². The number of ketones is 1. The van der Waals surface area contributed by atoms with Crippen molar-refractivity contribution in [1.82, 2.24) is 0 Å². The minimum atomic E-state index is 0.0872. The monoisotopic (exact) mass is 260 g/mol. The first-order valence-corrected chi connectivity index (χ1v) is 6.78. The zero-order chi connectivity index (χ0) is 14.1. The van der Waals surface area contributed by atoms with Gasteiger partial charge < -0.3 is 0 Å². The summed E-state index contributed by atoms with van der Waals surface area (Å²) in [5.41, 5.74) is 4.35. The molecule has 98 valence electrons. The highest BCUT2D eigenvalue weighted by Crippen LogP contribution is 2.33. The molecule has 0 aliphatic heterocycles. The van der Waals surface area contributed by atoms with Gasteiger partial charge in [-0.15, -0.1) is 13.2 Å². The zero-order valence-corrected chi connectivity index (χ0v) is 11.4. The highest BCUT2D eigenvalue weighted by Gasteiger charge is 2.18. The van der Waals surface area contributed by atoms with Crippen molar-refractivity contribution in [3.63, 3.8) is 0 Å². The lowest BCUT2D eigenvalue weighted by Crippen LogP contribution is -2.06. The Morgan fingerprint density at radius 2 is 1.85 bits per heavy atom. The summed E-state index contributed by atoms with van der Waals surface area (Å²) >= 11 is 0. The molecule has 0 saturated heterocycles. The van der Waals surface area contributed by atoms with Crippen LogP contribution in [0.1, 0.15) is 27.0 Å². The topological polar surface area (TPSA) is 17.1 Å². The van der Waals surface area contributed by atoms with Gasteiger partial charge in [0, 0.05) is 10.9 Å². The minimum Gasteiger partial charge on any atom is -0.289 e. The molecule has 0 aromatic heterocycles. The summed E-state index contributed by atoms with van der Waals surface area (Å²) in [5, 5.41) is 2.24. The van der Waals surface area contributed by atoms with Crippen molar-refractivity contribution in [2.24, 2.45) is 0 Å². The van der Waals surface area contributed by atoms with E-state index in [9.17, 15) is 4.79 Å². The number of allylic oxidation sites excluding steroid dienone is 3. The normalized spacial score (nSPS) is 12.7. The standard InChI is InChI=1S/C19H16O/c1-3-6-14-12-17-18(20)11-10-13-8-5-9-16(19(13)17)15(14)7-4-2/h3-5,8-12H,1-2,6-7H2. The molecule has 0 bridgehead atoms. The number of hydrogen-bond acceptors (Lipinski definition) is 1. The third-order valence-corrected chi connectivity index (χ3v) is 3.79. The molecular weight excluding hydrogens is 244 g/mol. The molecule has 0 unspecified atom stereocenters. The van der Waals surface area contributed by atoms with E-state index in [1.165, 1.54) is 11.1 Å². The summed E-state index contributed by atoms with van der Waals surface area (Å²) in [6.45, 7) is 7.67. The molecular formula is C19H16O. The van der Waals surface area contributed by atoms with Crippen LogP contribution in [-0.2, 0) is 12.8 Å². The van der Waals surface area contributed by atoms with Crippen LogP contribution in [0, 0.1) is 0 Å². The molecule has 2 aromatic carbocycles. The SMILES string of the molecule is C=CCc1cc2c3c(cccc3c1CC=C)C=CC2=O. The Hall–Kier alpha value is -2.41. The van der Waals surface area contributed by atoms with Crippen LogP contribution in [0.25, 0.3) is 16.8 Å². The van der Waals surface area contributed by atoms with E-state index in [0.29, 0.717) is 0 Å². The largest absolute Gasteiger partial charge is 0.289 e. The molecule has 0 amide bonds. The Morgan fingerprint density at radius 1 is 1.05 bits per heavy atom. The predicted molar refractivity (Wildman–Crippen MR) is 85.1 cm³/mol. The molecule has 20 heavy (non-hydrogen) atoms. The number of hydrogen-bond donors (Lipinski definition) is 0. The maximum Gasteiger partial charge on any atom is 0.186 e. The molecule has 1 nitrogen and oxygen atoms in total. The van der Waals surface area contributed by atoms with Gasteiger partial charge in [-0.1, -0.05) is 36.4 Å². The Morgan fingerprint density at radius 3 is 2.60 bits per heavy atom. The average Bonchev–Trinajstić information content (AvgIpc) is 2.46. The molecule has 0 fully saturated rings. The first-order valence-electron chi connectivity index (χ1n) is 6.78. The van der Waals surface area contributed by atoms with Crippen molar-refractivity contribution in [1.29, 1.82) is 0 Å². The summed E-state index contributed by atoms with van der Waals surface area (Å²) in [5.74, 6) is 0.0872. The number of carbonyl (C=O) groups excluding carboxylic acids is 1. The number of rotatable bonds is 4. The molecule has 0 atom stereocenters. The van der Waals surface area contributed by atoms with Crippen LogP contribution < -0.4 is 0 Å². The first-order chi connectivity index (χ1) is 9.76. The second kappa shape index (κ2) is 4.93. The van der Waals surface area contributed by atoms with Crippen LogP contribution in [0.15, 0.2) is 55.7 Å². The van der Waals surface area contributed by atoms with E-state index in [4.69, 9.17) is 0 Å². The second-order valence-electron chi connectivity index (χ2n) is 5.01. The minimum absolute atomic E-state index is 0.0872. The summed E-state index contributed by atoms with van der Waals surface area (Å²) in [7, 11) is 0. The number of carbonyl (C=O) groups is 1.